The molecule has 3 nitrogen and oxygen atoms in total. The van der Waals surface area contributed by atoms with Crippen LogP contribution in [0.15, 0.2) is 0 Å². The van der Waals surface area contributed by atoms with Crippen molar-refractivity contribution < 1.29 is 4.79 Å². The van der Waals surface area contributed by atoms with Gasteiger partial charge in [0, 0.05) is 23.9 Å². The molecule has 4 heteroatoms. The largest absolute Gasteiger partial charge is 0.342 e. The van der Waals surface area contributed by atoms with Crippen molar-refractivity contribution >= 4 is 17.7 Å². The van der Waals surface area contributed by atoms with Crippen molar-refractivity contribution in [2.45, 2.75) is 75.6 Å². The maximum atomic E-state index is 12.8. The highest BCUT2D eigenvalue weighted by Gasteiger charge is 2.41. The number of hydrogen-bond donors (Lipinski definition) is 1. The highest BCUT2D eigenvalue weighted by molar-refractivity contribution is 7.99. The Kier molecular flexibility index (Phi) is 5.41. The van der Waals surface area contributed by atoms with Crippen LogP contribution in [0.2, 0.25) is 0 Å². The van der Waals surface area contributed by atoms with Crippen LogP contribution in [0, 0.1) is 5.92 Å². The molecule has 4 atom stereocenters. The van der Waals surface area contributed by atoms with E-state index in [-0.39, 0.29) is 11.5 Å². The third-order valence-electron chi connectivity index (χ3n) is 5.21. The average molecular weight is 298 g/mol. The van der Waals surface area contributed by atoms with Crippen molar-refractivity contribution in [2.24, 2.45) is 11.7 Å². The van der Waals surface area contributed by atoms with Gasteiger partial charge in [-0.25, -0.2) is 0 Å². The van der Waals surface area contributed by atoms with Crippen molar-refractivity contribution in [2.75, 3.05) is 12.8 Å². The smallest absolute Gasteiger partial charge is 0.227 e. The number of nitrogens with zero attached hydrogens (tertiary/aromatic N) is 1. The lowest BCUT2D eigenvalue weighted by Gasteiger charge is -2.40. The summed E-state index contributed by atoms with van der Waals surface area (Å²) in [6, 6.07) is 0.435. The molecule has 20 heavy (non-hydrogen) atoms. The van der Waals surface area contributed by atoms with Crippen molar-refractivity contribution in [3.05, 3.63) is 0 Å². The second-order valence-electron chi connectivity index (χ2n) is 6.80. The maximum Gasteiger partial charge on any atom is 0.227 e. The van der Waals surface area contributed by atoms with Gasteiger partial charge >= 0.3 is 0 Å². The van der Waals surface area contributed by atoms with Crippen LogP contribution in [0.25, 0.3) is 0 Å². The molecule has 2 aliphatic carbocycles. The fraction of sp³-hybridized carbons (Fsp3) is 0.938. The van der Waals surface area contributed by atoms with E-state index in [0.717, 1.165) is 37.4 Å². The highest BCUT2D eigenvalue weighted by atomic mass is 32.2. The van der Waals surface area contributed by atoms with Gasteiger partial charge in [-0.2, -0.15) is 11.8 Å². The van der Waals surface area contributed by atoms with Crippen LogP contribution in [0.5, 0.6) is 0 Å². The quantitative estimate of drug-likeness (QED) is 0.868. The summed E-state index contributed by atoms with van der Waals surface area (Å²) in [5.74, 6) is 1.50. The zero-order valence-corrected chi connectivity index (χ0v) is 14.0. The molecule has 2 N–H and O–H groups in total. The number of carbonyl (C=O) groups excluding carboxylic acids is 1. The van der Waals surface area contributed by atoms with E-state index in [1.54, 1.807) is 0 Å². The summed E-state index contributed by atoms with van der Waals surface area (Å²) in [6.07, 6.45) is 7.84. The SMILES string of the molecule is CCSC1CCC(N(C)C(=O)C2CCCCC2(C)N)C1. The molecular weight excluding hydrogens is 268 g/mol. The molecule has 1 amide bonds. The number of amides is 1. The second-order valence-corrected chi connectivity index (χ2v) is 8.37. The predicted octanol–water partition coefficient (Wildman–Crippen LogP) is 3.03. The second kappa shape index (κ2) is 6.69. The number of nitrogens with two attached hydrogens (primary N) is 1. The first-order chi connectivity index (χ1) is 9.45. The van der Waals surface area contributed by atoms with Gasteiger partial charge in [0.15, 0.2) is 0 Å². The van der Waals surface area contributed by atoms with Crippen LogP contribution in [0.3, 0.4) is 0 Å². The van der Waals surface area contributed by atoms with E-state index in [9.17, 15) is 4.79 Å². The van der Waals surface area contributed by atoms with Crippen LogP contribution in [-0.2, 0) is 4.79 Å². The van der Waals surface area contributed by atoms with Gasteiger partial charge < -0.3 is 10.6 Å². The van der Waals surface area contributed by atoms with E-state index >= 15 is 0 Å². The molecule has 0 radical (unpaired) electrons. The minimum absolute atomic E-state index is 0.0270. The highest BCUT2D eigenvalue weighted by Crippen LogP contribution is 2.36. The summed E-state index contributed by atoms with van der Waals surface area (Å²) in [5, 5.41) is 0.746. The molecular formula is C16H30N2OS. The lowest BCUT2D eigenvalue weighted by atomic mass is 9.74. The lowest BCUT2D eigenvalue weighted by Crippen LogP contribution is -2.54. The number of thioether (sulfide) groups is 1. The first-order valence-electron chi connectivity index (χ1n) is 8.13. The summed E-state index contributed by atoms with van der Waals surface area (Å²) in [5.41, 5.74) is 6.08. The lowest BCUT2D eigenvalue weighted by molar-refractivity contribution is -0.139. The van der Waals surface area contributed by atoms with Gasteiger partial charge in [0.05, 0.1) is 5.92 Å². The molecule has 2 fully saturated rings. The monoisotopic (exact) mass is 298 g/mol. The van der Waals surface area contributed by atoms with E-state index in [4.69, 9.17) is 5.73 Å². The number of hydrogen-bond acceptors (Lipinski definition) is 3. The number of rotatable bonds is 4. The van der Waals surface area contributed by atoms with Crippen LogP contribution in [-0.4, -0.2) is 40.4 Å². The van der Waals surface area contributed by atoms with Gasteiger partial charge in [-0.1, -0.05) is 19.8 Å². The molecule has 116 valence electrons. The van der Waals surface area contributed by atoms with Gasteiger partial charge in [-0.05, 0) is 44.8 Å². The summed E-state index contributed by atoms with van der Waals surface area (Å²) < 4.78 is 0. The molecule has 2 aliphatic rings. The van der Waals surface area contributed by atoms with Gasteiger partial charge in [-0.15, -0.1) is 0 Å². The minimum Gasteiger partial charge on any atom is -0.342 e. The molecule has 0 saturated heterocycles. The van der Waals surface area contributed by atoms with Crippen LogP contribution in [0.1, 0.15) is 58.8 Å². The number of carbonyl (C=O) groups is 1. The van der Waals surface area contributed by atoms with Gasteiger partial charge in [0.2, 0.25) is 5.91 Å². The molecule has 0 aromatic rings. The Balaban J connectivity index is 1.95. The van der Waals surface area contributed by atoms with E-state index in [2.05, 4.69) is 13.8 Å². The van der Waals surface area contributed by atoms with E-state index in [0.29, 0.717) is 11.9 Å². The Bertz CT molecular complexity index is 345. The predicted molar refractivity (Wildman–Crippen MR) is 86.9 cm³/mol. The zero-order valence-electron chi connectivity index (χ0n) is 13.2. The normalized spacial score (nSPS) is 37.9. The molecule has 0 spiro atoms. The Hall–Kier alpha value is -0.220. The van der Waals surface area contributed by atoms with E-state index < -0.39 is 0 Å². The summed E-state index contributed by atoms with van der Waals surface area (Å²) in [6.45, 7) is 4.28. The Morgan fingerprint density at radius 3 is 2.75 bits per heavy atom. The third-order valence-corrected chi connectivity index (χ3v) is 6.44. The molecule has 0 heterocycles. The molecule has 0 aromatic heterocycles. The Morgan fingerprint density at radius 2 is 2.10 bits per heavy atom. The molecule has 0 aliphatic heterocycles. The van der Waals surface area contributed by atoms with Crippen molar-refractivity contribution in [3.63, 3.8) is 0 Å². The summed E-state index contributed by atoms with van der Waals surface area (Å²) >= 11 is 2.04. The minimum atomic E-state index is -0.306. The Labute approximate surface area is 128 Å². The summed E-state index contributed by atoms with van der Waals surface area (Å²) in [7, 11) is 2.00. The molecule has 2 saturated carbocycles. The maximum absolute atomic E-state index is 12.8. The van der Waals surface area contributed by atoms with E-state index in [1.807, 2.05) is 23.7 Å². The zero-order chi connectivity index (χ0) is 14.8. The van der Waals surface area contributed by atoms with Gasteiger partial charge in [-0.3, -0.25) is 4.79 Å². The van der Waals surface area contributed by atoms with Crippen LogP contribution >= 0.6 is 11.8 Å². The van der Waals surface area contributed by atoms with E-state index in [1.165, 1.54) is 18.6 Å². The van der Waals surface area contributed by atoms with Crippen molar-refractivity contribution in [1.29, 1.82) is 0 Å². The molecule has 0 bridgehead atoms. The molecule has 4 unspecified atom stereocenters. The topological polar surface area (TPSA) is 46.3 Å². The molecule has 0 aromatic carbocycles. The fourth-order valence-electron chi connectivity index (χ4n) is 3.85. The van der Waals surface area contributed by atoms with Crippen molar-refractivity contribution in [3.8, 4) is 0 Å². The fourth-order valence-corrected chi connectivity index (χ4v) is 4.98. The van der Waals surface area contributed by atoms with Gasteiger partial charge in [0.25, 0.3) is 0 Å². The van der Waals surface area contributed by atoms with Gasteiger partial charge in [0.1, 0.15) is 0 Å². The standard InChI is InChI=1S/C16H30N2OS/c1-4-20-13-9-8-12(11-13)18(3)15(19)14-7-5-6-10-16(14,2)17/h12-14H,4-11,17H2,1-3H3. The van der Waals surface area contributed by atoms with Crippen LogP contribution in [0.4, 0.5) is 0 Å². The average Bonchev–Trinajstić information content (AvgIpc) is 2.86. The Morgan fingerprint density at radius 1 is 1.35 bits per heavy atom. The van der Waals surface area contributed by atoms with Crippen LogP contribution < -0.4 is 5.73 Å². The first kappa shape index (κ1) is 16.2. The first-order valence-corrected chi connectivity index (χ1v) is 9.17. The molecule has 2 rings (SSSR count). The third kappa shape index (κ3) is 3.51. The van der Waals surface area contributed by atoms with Crippen molar-refractivity contribution in [1.82, 2.24) is 4.90 Å². The summed E-state index contributed by atoms with van der Waals surface area (Å²) in [4.78, 5) is 14.8.